The van der Waals surface area contributed by atoms with Gasteiger partial charge in [0.15, 0.2) is 0 Å². The molecular weight excluding hydrogens is 433 g/mol. The second kappa shape index (κ2) is 9.61. The summed E-state index contributed by atoms with van der Waals surface area (Å²) in [6, 6.07) is 25.8. The van der Waals surface area contributed by atoms with Crippen molar-refractivity contribution in [1.29, 1.82) is 0 Å². The van der Waals surface area contributed by atoms with E-state index in [1.165, 1.54) is 11.1 Å². The molecule has 0 fully saturated rings. The van der Waals surface area contributed by atoms with Crippen LogP contribution in [0.15, 0.2) is 83.9 Å². The number of amidine groups is 1. The average Bonchev–Trinajstić information content (AvgIpc) is 3.14. The first kappa shape index (κ1) is 20.9. The predicted octanol–water partition coefficient (Wildman–Crippen LogP) is 5.70. The third kappa shape index (κ3) is 5.20. The molecule has 0 bridgehead atoms. The van der Waals surface area contributed by atoms with E-state index in [0.29, 0.717) is 5.04 Å². The first-order valence-electron chi connectivity index (χ1n) is 9.75. The fraction of sp³-hybridized carbons (Fsp3) is 0.167. The molecule has 3 aromatic carbocycles. The molecule has 3 nitrogen and oxygen atoms in total. The molecule has 152 valence electrons. The van der Waals surface area contributed by atoms with Crippen molar-refractivity contribution < 1.29 is 4.58 Å². The number of rotatable bonds is 6. The highest BCUT2D eigenvalue weighted by atomic mass is 35.5. The van der Waals surface area contributed by atoms with Crippen molar-refractivity contribution in [3.63, 3.8) is 0 Å². The lowest BCUT2D eigenvalue weighted by Crippen LogP contribution is -2.35. The average molecular weight is 454 g/mol. The molecule has 0 amide bonds. The zero-order valence-electron chi connectivity index (χ0n) is 16.3. The van der Waals surface area contributed by atoms with E-state index in [4.69, 9.17) is 40.8 Å². The summed E-state index contributed by atoms with van der Waals surface area (Å²) in [6.45, 7) is 3.29. The smallest absolute Gasteiger partial charge is 0.271 e. The maximum atomic E-state index is 6.05. The zero-order valence-corrected chi connectivity index (χ0v) is 18.7. The summed E-state index contributed by atoms with van der Waals surface area (Å²) >= 11 is 17.9. The van der Waals surface area contributed by atoms with Crippen molar-refractivity contribution >= 4 is 52.4 Å². The molecule has 3 aromatic rings. The van der Waals surface area contributed by atoms with E-state index in [0.717, 1.165) is 47.7 Å². The molecule has 0 unspecified atom stereocenters. The lowest BCUT2D eigenvalue weighted by atomic mass is 10.2. The minimum Gasteiger partial charge on any atom is -0.752 e. The van der Waals surface area contributed by atoms with Gasteiger partial charge in [0.05, 0.1) is 5.69 Å². The molecule has 4 rings (SSSR count). The summed E-state index contributed by atoms with van der Waals surface area (Å²) in [4.78, 5) is 7.02. The lowest BCUT2D eigenvalue weighted by Gasteiger charge is -2.19. The van der Waals surface area contributed by atoms with Crippen molar-refractivity contribution in [1.82, 2.24) is 4.90 Å². The molecule has 0 aromatic heterocycles. The molecule has 30 heavy (non-hydrogen) atoms. The van der Waals surface area contributed by atoms with Crippen molar-refractivity contribution in [3.8, 4) is 0 Å². The van der Waals surface area contributed by atoms with Gasteiger partial charge in [0.1, 0.15) is 26.2 Å². The van der Waals surface area contributed by atoms with Crippen LogP contribution in [0.3, 0.4) is 0 Å². The number of hydrogen-bond acceptors (Lipinski definition) is 3. The first-order valence-corrected chi connectivity index (χ1v) is 10.9. The highest BCUT2D eigenvalue weighted by molar-refractivity contribution is 7.80. The molecule has 0 saturated carbocycles. The Labute approximate surface area is 192 Å². The van der Waals surface area contributed by atoms with Crippen LogP contribution in [0, 0.1) is 0 Å². The summed E-state index contributed by atoms with van der Waals surface area (Å²) in [6.07, 6.45) is 0. The Balaban J connectivity index is 1.67. The van der Waals surface area contributed by atoms with Gasteiger partial charge < -0.3 is 12.6 Å². The molecule has 0 N–H and O–H groups in total. The SMILES string of the molecule is [S-]C(=Nc1ccccc1)C1=[N+](Cc2ccc(Cl)cc2)CCN1Cc1ccc(Cl)cc1. The Bertz CT molecular complexity index is 1060. The Morgan fingerprint density at radius 2 is 1.47 bits per heavy atom. The van der Waals surface area contributed by atoms with Crippen molar-refractivity contribution in [3.05, 3.63) is 100 Å². The minimum atomic E-state index is 0.599. The predicted molar refractivity (Wildman–Crippen MR) is 128 cm³/mol. The third-order valence-corrected chi connectivity index (χ3v) is 5.77. The monoisotopic (exact) mass is 453 g/mol. The normalized spacial score (nSPS) is 14.5. The largest absolute Gasteiger partial charge is 0.752 e. The van der Waals surface area contributed by atoms with Gasteiger partial charge in [0.25, 0.3) is 5.84 Å². The van der Waals surface area contributed by atoms with Crippen molar-refractivity contribution in [2.45, 2.75) is 13.1 Å². The molecular formula is C24H21Cl2N3S. The summed E-state index contributed by atoms with van der Waals surface area (Å²) in [7, 11) is 0. The Kier molecular flexibility index (Phi) is 6.68. The van der Waals surface area contributed by atoms with Gasteiger partial charge in [0, 0.05) is 15.1 Å². The Morgan fingerprint density at radius 1 is 0.867 bits per heavy atom. The van der Waals surface area contributed by atoms with Crippen molar-refractivity contribution in [2.24, 2.45) is 4.99 Å². The number of aliphatic imine (C=N–C) groups is 1. The number of benzene rings is 3. The molecule has 0 aliphatic carbocycles. The van der Waals surface area contributed by atoms with Gasteiger partial charge in [0.2, 0.25) is 0 Å². The van der Waals surface area contributed by atoms with Crippen LogP contribution in [0.2, 0.25) is 10.0 Å². The summed E-state index contributed by atoms with van der Waals surface area (Å²) in [5.74, 6) is 0.985. The standard InChI is InChI=1S/C24H21Cl2N3S/c25-20-10-6-18(7-11-20)16-28-14-15-29(17-19-8-12-21(26)13-9-19)24(28)23(30)27-22-4-2-1-3-5-22/h1-13H,14-17H2. The molecule has 6 heteroatoms. The summed E-state index contributed by atoms with van der Waals surface area (Å²) in [5.41, 5.74) is 3.24. The number of nitrogens with zero attached hydrogens (tertiary/aromatic N) is 3. The minimum absolute atomic E-state index is 0.599. The van der Waals surface area contributed by atoms with Crippen LogP contribution in [-0.4, -0.2) is 33.4 Å². The van der Waals surface area contributed by atoms with Crippen LogP contribution in [0.25, 0.3) is 0 Å². The Morgan fingerprint density at radius 3 is 2.10 bits per heavy atom. The molecule has 0 radical (unpaired) electrons. The maximum absolute atomic E-state index is 6.05. The van der Waals surface area contributed by atoms with E-state index in [1.54, 1.807) is 0 Å². The molecule has 0 saturated heterocycles. The number of para-hydroxylation sites is 1. The van der Waals surface area contributed by atoms with Crippen LogP contribution < -0.4 is 0 Å². The first-order chi connectivity index (χ1) is 14.6. The van der Waals surface area contributed by atoms with Crippen LogP contribution in [0.1, 0.15) is 11.1 Å². The molecule has 1 heterocycles. The number of halogens is 2. The molecule has 0 atom stereocenters. The van der Waals surface area contributed by atoms with E-state index in [2.05, 4.69) is 33.7 Å². The van der Waals surface area contributed by atoms with Gasteiger partial charge in [-0.25, -0.2) is 0 Å². The van der Waals surface area contributed by atoms with E-state index < -0.39 is 0 Å². The second-order valence-corrected chi connectivity index (χ2v) is 8.43. The fourth-order valence-corrected chi connectivity index (χ4v) is 4.14. The second-order valence-electron chi connectivity index (χ2n) is 7.17. The Hall–Kier alpha value is -2.40. The fourth-order valence-electron chi connectivity index (χ4n) is 3.52. The zero-order chi connectivity index (χ0) is 20.9. The van der Waals surface area contributed by atoms with E-state index in [9.17, 15) is 0 Å². The lowest BCUT2D eigenvalue weighted by molar-refractivity contribution is -0.532. The molecule has 0 spiro atoms. The molecule has 1 aliphatic rings. The van der Waals surface area contributed by atoms with Crippen LogP contribution >= 0.6 is 23.2 Å². The van der Waals surface area contributed by atoms with Crippen LogP contribution in [-0.2, 0) is 25.7 Å². The highest BCUT2D eigenvalue weighted by Gasteiger charge is 2.30. The highest BCUT2D eigenvalue weighted by Crippen LogP contribution is 2.18. The quantitative estimate of drug-likeness (QED) is 0.206. The van der Waals surface area contributed by atoms with E-state index in [-0.39, 0.29) is 0 Å². The van der Waals surface area contributed by atoms with Gasteiger partial charge in [-0.1, -0.05) is 65.7 Å². The van der Waals surface area contributed by atoms with Gasteiger partial charge in [-0.15, -0.1) is 0 Å². The molecule has 1 aliphatic heterocycles. The van der Waals surface area contributed by atoms with E-state index in [1.807, 2.05) is 54.6 Å². The van der Waals surface area contributed by atoms with Gasteiger partial charge in [-0.05, 0) is 47.5 Å². The van der Waals surface area contributed by atoms with Crippen LogP contribution in [0.5, 0.6) is 0 Å². The van der Waals surface area contributed by atoms with Crippen LogP contribution in [0.4, 0.5) is 5.69 Å². The summed E-state index contributed by atoms with van der Waals surface area (Å²) < 4.78 is 2.30. The van der Waals surface area contributed by atoms with Crippen molar-refractivity contribution in [2.75, 3.05) is 13.1 Å². The topological polar surface area (TPSA) is 18.6 Å². The maximum Gasteiger partial charge on any atom is 0.271 e. The van der Waals surface area contributed by atoms with Gasteiger partial charge in [-0.3, -0.25) is 14.5 Å². The third-order valence-electron chi connectivity index (χ3n) is 4.99. The van der Waals surface area contributed by atoms with Gasteiger partial charge in [-0.2, -0.15) is 0 Å². The number of hydrogen-bond donors (Lipinski definition) is 0. The van der Waals surface area contributed by atoms with Gasteiger partial charge >= 0.3 is 0 Å². The summed E-state index contributed by atoms with van der Waals surface area (Å²) in [5, 5.41) is 2.08. The van der Waals surface area contributed by atoms with E-state index >= 15 is 0 Å².